The second-order valence-corrected chi connectivity index (χ2v) is 7.36. The number of carbonyl (C=O) groups is 2. The molecule has 0 spiro atoms. The highest BCUT2D eigenvalue weighted by atomic mass is 19.1. The van der Waals surface area contributed by atoms with E-state index < -0.39 is 0 Å². The number of H-pyrrole nitrogens is 1. The van der Waals surface area contributed by atoms with E-state index >= 15 is 0 Å². The van der Waals surface area contributed by atoms with Crippen molar-refractivity contribution in [2.45, 2.75) is 39.7 Å². The van der Waals surface area contributed by atoms with Crippen LogP contribution in [-0.4, -0.2) is 34.8 Å². The number of nitrogens with zero attached hydrogens (tertiary/aromatic N) is 1. The van der Waals surface area contributed by atoms with Crippen LogP contribution in [0.4, 0.5) is 4.39 Å². The summed E-state index contributed by atoms with van der Waals surface area (Å²) >= 11 is 0. The normalized spacial score (nSPS) is 15.0. The number of aromatic amines is 1. The van der Waals surface area contributed by atoms with Gasteiger partial charge in [0.2, 0.25) is 5.91 Å². The first kappa shape index (κ1) is 19.1. The van der Waals surface area contributed by atoms with E-state index in [4.69, 9.17) is 0 Å². The Morgan fingerprint density at radius 2 is 1.96 bits per heavy atom. The van der Waals surface area contributed by atoms with Crippen LogP contribution in [0.1, 0.15) is 46.6 Å². The molecule has 5 nitrogen and oxygen atoms in total. The number of hydrogen-bond acceptors (Lipinski definition) is 2. The van der Waals surface area contributed by atoms with Gasteiger partial charge in [0, 0.05) is 31.7 Å². The third kappa shape index (κ3) is 4.96. The maximum Gasteiger partial charge on any atom is 0.270 e. The molecule has 3 rings (SSSR count). The lowest BCUT2D eigenvalue weighted by atomic mass is 9.93. The number of aryl methyl sites for hydroxylation is 2. The lowest BCUT2D eigenvalue weighted by molar-refractivity contribution is -0.122. The van der Waals surface area contributed by atoms with Crippen LogP contribution >= 0.6 is 0 Å². The summed E-state index contributed by atoms with van der Waals surface area (Å²) in [5.41, 5.74) is 3.37. The third-order valence-electron chi connectivity index (χ3n) is 5.12. The number of piperidine rings is 1. The van der Waals surface area contributed by atoms with Crippen molar-refractivity contribution in [3.63, 3.8) is 0 Å². The first-order valence-corrected chi connectivity index (χ1v) is 9.39. The van der Waals surface area contributed by atoms with Crippen LogP contribution in [0.15, 0.2) is 30.3 Å². The molecule has 1 fully saturated rings. The molecule has 2 heterocycles. The molecule has 1 aliphatic heterocycles. The zero-order chi connectivity index (χ0) is 19.4. The van der Waals surface area contributed by atoms with E-state index in [1.54, 1.807) is 12.1 Å². The smallest absolute Gasteiger partial charge is 0.270 e. The quantitative estimate of drug-likeness (QED) is 0.847. The van der Waals surface area contributed by atoms with Crippen LogP contribution in [0, 0.1) is 25.6 Å². The van der Waals surface area contributed by atoms with E-state index in [2.05, 4.69) is 10.3 Å². The number of nitrogens with one attached hydrogen (secondary N) is 2. The summed E-state index contributed by atoms with van der Waals surface area (Å²) in [6, 6.07) is 8.21. The van der Waals surface area contributed by atoms with Crippen LogP contribution in [0.5, 0.6) is 0 Å². The Balaban J connectivity index is 1.44. The van der Waals surface area contributed by atoms with E-state index in [1.165, 1.54) is 12.1 Å². The first-order valence-electron chi connectivity index (χ1n) is 9.39. The molecule has 2 N–H and O–H groups in total. The Hall–Kier alpha value is -2.63. The van der Waals surface area contributed by atoms with Gasteiger partial charge in [0.25, 0.3) is 5.91 Å². The number of aromatic nitrogens is 1. The van der Waals surface area contributed by atoms with E-state index in [1.807, 2.05) is 24.8 Å². The molecule has 1 saturated heterocycles. The maximum atomic E-state index is 13.2. The fraction of sp³-hybridized carbons (Fsp3) is 0.429. The van der Waals surface area contributed by atoms with Gasteiger partial charge < -0.3 is 15.2 Å². The highest BCUT2D eigenvalue weighted by Gasteiger charge is 2.26. The molecule has 144 valence electrons. The van der Waals surface area contributed by atoms with Crippen molar-refractivity contribution in [3.8, 4) is 0 Å². The van der Waals surface area contributed by atoms with E-state index in [0.29, 0.717) is 31.7 Å². The summed E-state index contributed by atoms with van der Waals surface area (Å²) < 4.78 is 13.2. The van der Waals surface area contributed by atoms with Gasteiger partial charge in [0.1, 0.15) is 11.5 Å². The Labute approximate surface area is 159 Å². The standard InChI is InChI=1S/C21H26FN3O2/c1-14-10-15(2)24-20(14)21(27)25-8-6-16(7-9-25)12-19(26)23-13-17-4-3-5-18(22)11-17/h3-5,10-11,16,24H,6-9,12-13H2,1-2H3,(H,23,26). The molecule has 2 aromatic rings. The SMILES string of the molecule is Cc1cc(C)c(C(=O)N2CCC(CC(=O)NCc3cccc(F)c3)CC2)[nH]1. The van der Waals surface area contributed by atoms with Crippen molar-refractivity contribution < 1.29 is 14.0 Å². The lowest BCUT2D eigenvalue weighted by Gasteiger charge is -2.31. The minimum absolute atomic E-state index is 0.0279. The van der Waals surface area contributed by atoms with Gasteiger partial charge in [-0.3, -0.25) is 9.59 Å². The largest absolute Gasteiger partial charge is 0.354 e. The molecular weight excluding hydrogens is 345 g/mol. The predicted octanol–water partition coefficient (Wildman–Crippen LogP) is 3.33. The topological polar surface area (TPSA) is 65.2 Å². The third-order valence-corrected chi connectivity index (χ3v) is 5.12. The first-order chi connectivity index (χ1) is 12.9. The van der Waals surface area contributed by atoms with E-state index in [0.717, 1.165) is 29.7 Å². The van der Waals surface area contributed by atoms with Crippen LogP contribution in [0.2, 0.25) is 0 Å². The summed E-state index contributed by atoms with van der Waals surface area (Å²) in [7, 11) is 0. The Morgan fingerprint density at radius 1 is 1.22 bits per heavy atom. The Kier molecular flexibility index (Phi) is 5.94. The Bertz CT molecular complexity index is 823. The second kappa shape index (κ2) is 8.37. The fourth-order valence-electron chi connectivity index (χ4n) is 3.63. The summed E-state index contributed by atoms with van der Waals surface area (Å²) in [6.45, 7) is 5.54. The summed E-state index contributed by atoms with van der Waals surface area (Å²) in [5, 5.41) is 2.85. The van der Waals surface area contributed by atoms with Crippen molar-refractivity contribution in [1.82, 2.24) is 15.2 Å². The highest BCUT2D eigenvalue weighted by molar-refractivity contribution is 5.94. The summed E-state index contributed by atoms with van der Waals surface area (Å²) in [4.78, 5) is 29.8. The molecule has 27 heavy (non-hydrogen) atoms. The molecule has 1 aliphatic rings. The fourth-order valence-corrected chi connectivity index (χ4v) is 3.63. The highest BCUT2D eigenvalue weighted by Crippen LogP contribution is 2.22. The molecule has 1 aromatic heterocycles. The number of carbonyl (C=O) groups excluding carboxylic acids is 2. The number of rotatable bonds is 5. The minimum atomic E-state index is -0.300. The van der Waals surface area contributed by atoms with Gasteiger partial charge in [0.05, 0.1) is 0 Å². The maximum absolute atomic E-state index is 13.2. The number of amides is 2. The van der Waals surface area contributed by atoms with Crippen LogP contribution in [0.3, 0.4) is 0 Å². The van der Waals surface area contributed by atoms with E-state index in [9.17, 15) is 14.0 Å². The van der Waals surface area contributed by atoms with Gasteiger partial charge in [-0.2, -0.15) is 0 Å². The average molecular weight is 371 g/mol. The van der Waals surface area contributed by atoms with Crippen molar-refractivity contribution in [2.24, 2.45) is 5.92 Å². The van der Waals surface area contributed by atoms with Gasteiger partial charge in [-0.25, -0.2) is 4.39 Å². The average Bonchev–Trinajstić information content (AvgIpc) is 2.98. The molecule has 0 atom stereocenters. The molecule has 0 saturated carbocycles. The molecule has 0 aliphatic carbocycles. The molecule has 0 bridgehead atoms. The zero-order valence-corrected chi connectivity index (χ0v) is 15.8. The summed E-state index contributed by atoms with van der Waals surface area (Å²) in [6.07, 6.45) is 2.08. The van der Waals surface area contributed by atoms with Gasteiger partial charge in [-0.05, 0) is 61.9 Å². The molecule has 0 unspecified atom stereocenters. The van der Waals surface area contributed by atoms with Crippen molar-refractivity contribution in [2.75, 3.05) is 13.1 Å². The molecule has 6 heteroatoms. The Morgan fingerprint density at radius 3 is 2.59 bits per heavy atom. The summed E-state index contributed by atoms with van der Waals surface area (Å²) in [5.74, 6) is -0.0196. The van der Waals surface area contributed by atoms with Crippen LogP contribution in [-0.2, 0) is 11.3 Å². The van der Waals surface area contributed by atoms with E-state index in [-0.39, 0.29) is 23.5 Å². The molecular formula is C21H26FN3O2. The van der Waals surface area contributed by atoms with Crippen molar-refractivity contribution in [1.29, 1.82) is 0 Å². The number of halogens is 1. The lowest BCUT2D eigenvalue weighted by Crippen LogP contribution is -2.40. The van der Waals surface area contributed by atoms with Crippen molar-refractivity contribution >= 4 is 11.8 Å². The minimum Gasteiger partial charge on any atom is -0.354 e. The van der Waals surface area contributed by atoms with Gasteiger partial charge in [-0.1, -0.05) is 12.1 Å². The number of hydrogen-bond donors (Lipinski definition) is 2. The molecule has 0 radical (unpaired) electrons. The predicted molar refractivity (Wildman–Crippen MR) is 102 cm³/mol. The molecule has 2 amide bonds. The van der Waals surface area contributed by atoms with Gasteiger partial charge in [-0.15, -0.1) is 0 Å². The van der Waals surface area contributed by atoms with Crippen LogP contribution in [0.25, 0.3) is 0 Å². The molecule has 1 aromatic carbocycles. The van der Waals surface area contributed by atoms with Crippen molar-refractivity contribution in [3.05, 3.63) is 58.7 Å². The monoisotopic (exact) mass is 371 g/mol. The van der Waals surface area contributed by atoms with Crippen LogP contribution < -0.4 is 5.32 Å². The van der Waals surface area contributed by atoms with Gasteiger partial charge in [0.15, 0.2) is 0 Å². The second-order valence-electron chi connectivity index (χ2n) is 7.36. The van der Waals surface area contributed by atoms with Gasteiger partial charge >= 0.3 is 0 Å². The number of likely N-dealkylation sites (tertiary alicyclic amines) is 1. The number of benzene rings is 1. The zero-order valence-electron chi connectivity index (χ0n) is 15.8.